The van der Waals surface area contributed by atoms with E-state index in [4.69, 9.17) is 0 Å². The first kappa shape index (κ1) is 28.2. The zero-order valence-corrected chi connectivity index (χ0v) is 25.7. The topological polar surface area (TPSA) is 74.8 Å². The zero-order chi connectivity index (χ0) is 29.7. The van der Waals surface area contributed by atoms with Crippen LogP contribution in [0.3, 0.4) is 0 Å². The molecule has 42 heavy (non-hydrogen) atoms. The van der Waals surface area contributed by atoms with E-state index in [1.165, 1.54) is 9.80 Å². The molecule has 0 aliphatic carbocycles. The summed E-state index contributed by atoms with van der Waals surface area (Å²) in [5.74, 6) is -0.840. The number of benzene rings is 2. The number of imide groups is 2. The first-order valence-corrected chi connectivity index (χ1v) is 16.1. The molecule has 6 rings (SSSR count). The highest BCUT2D eigenvalue weighted by atomic mass is 32.1. The zero-order valence-electron chi connectivity index (χ0n) is 24.1. The van der Waals surface area contributed by atoms with E-state index in [0.29, 0.717) is 22.3 Å². The van der Waals surface area contributed by atoms with Crippen LogP contribution in [-0.4, -0.2) is 45.5 Å². The van der Waals surface area contributed by atoms with E-state index >= 15 is 0 Å². The lowest BCUT2D eigenvalue weighted by atomic mass is 10.0. The van der Waals surface area contributed by atoms with E-state index < -0.39 is 0 Å². The highest BCUT2D eigenvalue weighted by Crippen LogP contribution is 2.42. The molecule has 0 unspecified atom stereocenters. The Morgan fingerprint density at radius 3 is 1.26 bits per heavy atom. The van der Waals surface area contributed by atoms with Gasteiger partial charge in [-0.25, -0.2) is 0 Å². The van der Waals surface area contributed by atoms with Crippen molar-refractivity contribution in [1.82, 2.24) is 9.80 Å². The van der Waals surface area contributed by atoms with Crippen molar-refractivity contribution in [3.63, 3.8) is 0 Å². The maximum absolute atomic E-state index is 13.1. The molecular formula is C34H32N2O4S2. The van der Waals surface area contributed by atoms with E-state index in [9.17, 15) is 19.2 Å². The quantitative estimate of drug-likeness (QED) is 0.182. The van der Waals surface area contributed by atoms with Crippen molar-refractivity contribution in [2.45, 2.75) is 65.5 Å². The van der Waals surface area contributed by atoms with Crippen LogP contribution in [0.15, 0.2) is 60.7 Å². The molecule has 2 atom stereocenters. The van der Waals surface area contributed by atoms with Gasteiger partial charge in [0, 0.05) is 31.6 Å². The van der Waals surface area contributed by atoms with Crippen molar-refractivity contribution in [1.29, 1.82) is 0 Å². The van der Waals surface area contributed by atoms with Gasteiger partial charge < -0.3 is 0 Å². The van der Waals surface area contributed by atoms with Gasteiger partial charge in [-0.2, -0.15) is 0 Å². The van der Waals surface area contributed by atoms with Crippen LogP contribution in [0.1, 0.15) is 94.8 Å². The van der Waals surface area contributed by atoms with Crippen molar-refractivity contribution in [2.75, 3.05) is 0 Å². The third kappa shape index (κ3) is 4.63. The van der Waals surface area contributed by atoms with Gasteiger partial charge in [0.15, 0.2) is 0 Å². The number of amides is 4. The Bertz CT molecular complexity index is 1620. The Balaban J connectivity index is 1.24. The lowest BCUT2D eigenvalue weighted by Gasteiger charge is -2.21. The molecule has 6 nitrogen and oxygen atoms in total. The van der Waals surface area contributed by atoms with Crippen molar-refractivity contribution < 1.29 is 19.2 Å². The van der Waals surface area contributed by atoms with Crippen LogP contribution < -0.4 is 0 Å². The monoisotopic (exact) mass is 596 g/mol. The second-order valence-corrected chi connectivity index (χ2v) is 13.3. The fraction of sp³-hybridized carbons (Fsp3) is 0.294. The molecule has 4 heterocycles. The lowest BCUT2D eigenvalue weighted by molar-refractivity contribution is 0.0573. The van der Waals surface area contributed by atoms with Crippen LogP contribution in [0.2, 0.25) is 0 Å². The summed E-state index contributed by atoms with van der Waals surface area (Å²) in [6.07, 6.45) is 3.38. The van der Waals surface area contributed by atoms with Crippen molar-refractivity contribution in [2.24, 2.45) is 0 Å². The minimum atomic E-state index is -0.213. The first-order valence-electron chi connectivity index (χ1n) is 14.5. The van der Waals surface area contributed by atoms with E-state index in [2.05, 4.69) is 26.0 Å². The predicted molar refractivity (Wildman–Crippen MR) is 168 cm³/mol. The molecule has 0 fully saturated rings. The van der Waals surface area contributed by atoms with Gasteiger partial charge in [0.05, 0.1) is 22.3 Å². The highest BCUT2D eigenvalue weighted by molar-refractivity contribution is 7.25. The van der Waals surface area contributed by atoms with Gasteiger partial charge in [0.2, 0.25) is 0 Å². The molecule has 2 aromatic carbocycles. The maximum Gasteiger partial charge on any atom is 0.261 e. The third-order valence-corrected chi connectivity index (χ3v) is 10.6. The largest absolute Gasteiger partial charge is 0.272 e. The average Bonchev–Trinajstić information content (AvgIpc) is 3.75. The summed E-state index contributed by atoms with van der Waals surface area (Å²) in [4.78, 5) is 59.1. The Morgan fingerprint density at radius 2 is 0.881 bits per heavy atom. The number of carbonyl (C=O) groups excluding carboxylic acids is 4. The Morgan fingerprint density at radius 1 is 0.524 bits per heavy atom. The molecule has 0 spiro atoms. The molecule has 0 radical (unpaired) electrons. The third-order valence-electron chi connectivity index (χ3n) is 8.15. The van der Waals surface area contributed by atoms with E-state index in [1.807, 2.05) is 50.2 Å². The number of hydrogen-bond donors (Lipinski definition) is 0. The summed E-state index contributed by atoms with van der Waals surface area (Å²) < 4.78 is 0. The number of nitrogens with zero attached hydrogens (tertiary/aromatic N) is 2. The summed E-state index contributed by atoms with van der Waals surface area (Å²) in [6.45, 7) is 7.95. The summed E-state index contributed by atoms with van der Waals surface area (Å²) in [5.41, 5.74) is 3.73. The molecule has 4 amide bonds. The van der Waals surface area contributed by atoms with E-state index in [1.54, 1.807) is 34.8 Å². The van der Waals surface area contributed by atoms with Gasteiger partial charge in [-0.05, 0) is 86.3 Å². The van der Waals surface area contributed by atoms with Gasteiger partial charge in [-0.3, -0.25) is 29.0 Å². The van der Waals surface area contributed by atoms with Crippen LogP contribution in [0, 0.1) is 0 Å². The first-order chi connectivity index (χ1) is 20.2. The van der Waals surface area contributed by atoms with Crippen LogP contribution in [-0.2, 0) is 0 Å². The standard InChI is InChI=1S/C34H32N2O4S2/c1-5-7-19(3)35-31(37)23-11-9-21(17-25(23)33(35)39)27-13-15-29(41-27)30-16-14-28(42-30)22-10-12-24-26(18-22)34(40)36(32(24)38)20(4)8-6-2/h9-20H,5-8H2,1-4H3/t19-,20+. The molecule has 0 saturated heterocycles. The van der Waals surface area contributed by atoms with Crippen LogP contribution in [0.5, 0.6) is 0 Å². The molecule has 8 heteroatoms. The van der Waals surface area contributed by atoms with Crippen molar-refractivity contribution >= 4 is 46.3 Å². The lowest BCUT2D eigenvalue weighted by Crippen LogP contribution is -2.37. The van der Waals surface area contributed by atoms with Crippen LogP contribution in [0.25, 0.3) is 30.6 Å². The number of carbonyl (C=O) groups is 4. The summed E-state index contributed by atoms with van der Waals surface area (Å²) in [5, 5.41) is 0. The van der Waals surface area contributed by atoms with Gasteiger partial charge in [-0.15, -0.1) is 22.7 Å². The second kappa shape index (κ2) is 11.1. The fourth-order valence-corrected chi connectivity index (χ4v) is 8.07. The van der Waals surface area contributed by atoms with Crippen molar-refractivity contribution in [3.8, 4) is 30.6 Å². The number of thiophene rings is 2. The number of hydrogen-bond acceptors (Lipinski definition) is 6. The minimum absolute atomic E-state index is 0.125. The van der Waals surface area contributed by atoms with Gasteiger partial charge in [-0.1, -0.05) is 38.8 Å². The Hall–Kier alpha value is -3.88. The molecule has 2 aliphatic rings. The molecule has 214 valence electrons. The molecule has 2 aliphatic heterocycles. The smallest absolute Gasteiger partial charge is 0.261 e. The van der Waals surface area contributed by atoms with E-state index in [0.717, 1.165) is 56.3 Å². The normalized spacial score (nSPS) is 15.9. The summed E-state index contributed by atoms with van der Waals surface area (Å²) in [6, 6.07) is 19.1. The van der Waals surface area contributed by atoms with E-state index in [-0.39, 0.29) is 35.7 Å². The Labute approximate surface area is 253 Å². The fourth-order valence-electron chi connectivity index (χ4n) is 5.97. The molecule has 0 saturated carbocycles. The van der Waals surface area contributed by atoms with Crippen molar-refractivity contribution in [3.05, 3.63) is 82.9 Å². The minimum Gasteiger partial charge on any atom is -0.272 e. The summed E-state index contributed by atoms with van der Waals surface area (Å²) in [7, 11) is 0. The van der Waals surface area contributed by atoms with Gasteiger partial charge >= 0.3 is 0 Å². The maximum atomic E-state index is 13.1. The molecule has 2 aromatic heterocycles. The number of fused-ring (bicyclic) bond motifs is 2. The highest BCUT2D eigenvalue weighted by Gasteiger charge is 2.39. The van der Waals surface area contributed by atoms with Gasteiger partial charge in [0.1, 0.15) is 0 Å². The number of rotatable bonds is 9. The summed E-state index contributed by atoms with van der Waals surface area (Å²) >= 11 is 3.27. The molecule has 0 bridgehead atoms. The Kier molecular flexibility index (Phi) is 7.45. The average molecular weight is 597 g/mol. The van der Waals surface area contributed by atoms with Gasteiger partial charge in [0.25, 0.3) is 23.6 Å². The molecular weight excluding hydrogens is 565 g/mol. The van der Waals surface area contributed by atoms with Crippen LogP contribution in [0.4, 0.5) is 0 Å². The molecule has 4 aromatic rings. The SMILES string of the molecule is CCC[C@@H](C)N1C(=O)c2ccc(-c3ccc(-c4ccc(-c5ccc6c(c5)C(=O)N([C@@H](C)CCC)C6=O)s4)s3)cc2C1=O. The molecule has 0 N–H and O–H groups in total. The van der Waals surface area contributed by atoms with Crippen LogP contribution >= 0.6 is 22.7 Å². The predicted octanol–water partition coefficient (Wildman–Crippen LogP) is 8.38. The second-order valence-electron chi connectivity index (χ2n) is 11.1.